The summed E-state index contributed by atoms with van der Waals surface area (Å²) in [6.45, 7) is 3.10. The van der Waals surface area contributed by atoms with E-state index < -0.39 is 0 Å². The second kappa shape index (κ2) is 5.11. The van der Waals surface area contributed by atoms with Crippen molar-refractivity contribution >= 4 is 29.1 Å². The molecular weight excluding hydrogens is 257 g/mol. The summed E-state index contributed by atoms with van der Waals surface area (Å²) in [5, 5.41) is 1.12. The van der Waals surface area contributed by atoms with Crippen LogP contribution in [0.25, 0.3) is 0 Å². The van der Waals surface area contributed by atoms with Gasteiger partial charge in [-0.2, -0.15) is 0 Å². The molecule has 1 heterocycles. The van der Waals surface area contributed by atoms with Crippen LogP contribution in [0.5, 0.6) is 0 Å². The number of benzene rings is 1. The zero-order valence-electron chi connectivity index (χ0n) is 9.54. The third kappa shape index (κ3) is 2.48. The number of rotatable bonds is 1. The molecule has 0 spiro atoms. The molecule has 0 radical (unpaired) electrons. The van der Waals surface area contributed by atoms with E-state index in [-0.39, 0.29) is 5.91 Å². The zero-order valence-corrected chi connectivity index (χ0v) is 11.1. The molecule has 4 heteroatoms. The Kier molecular flexibility index (Phi) is 3.75. The molecule has 2 nitrogen and oxygen atoms in total. The number of halogens is 2. The first kappa shape index (κ1) is 12.5. The van der Waals surface area contributed by atoms with Crippen LogP contribution in [-0.2, 0) is 17.8 Å². The number of carbonyl (C=O) groups is 1. The summed E-state index contributed by atoms with van der Waals surface area (Å²) in [6, 6.07) is 3.80. The van der Waals surface area contributed by atoms with Crippen molar-refractivity contribution in [2.24, 2.45) is 0 Å². The van der Waals surface area contributed by atoms with E-state index in [1.165, 1.54) is 5.56 Å². The third-order valence-electron chi connectivity index (χ3n) is 2.91. The Hall–Kier alpha value is -0.990. The molecule has 0 fully saturated rings. The summed E-state index contributed by atoms with van der Waals surface area (Å²) in [4.78, 5) is 13.5. The second-order valence-corrected chi connectivity index (χ2v) is 4.79. The number of fused-ring (bicyclic) bond motifs is 1. The van der Waals surface area contributed by atoms with E-state index >= 15 is 0 Å². The van der Waals surface area contributed by atoms with Crippen molar-refractivity contribution in [3.8, 4) is 0 Å². The lowest BCUT2D eigenvalue weighted by molar-refractivity contribution is -0.126. The van der Waals surface area contributed by atoms with Crippen LogP contribution in [0.4, 0.5) is 0 Å². The van der Waals surface area contributed by atoms with Crippen molar-refractivity contribution < 1.29 is 4.79 Å². The van der Waals surface area contributed by atoms with Gasteiger partial charge < -0.3 is 4.90 Å². The van der Waals surface area contributed by atoms with Gasteiger partial charge in [0.1, 0.15) is 0 Å². The van der Waals surface area contributed by atoms with Gasteiger partial charge in [0.15, 0.2) is 0 Å². The molecule has 1 aliphatic rings. The molecule has 1 aromatic rings. The summed E-state index contributed by atoms with van der Waals surface area (Å²) in [5.41, 5.74) is 2.16. The van der Waals surface area contributed by atoms with Gasteiger partial charge >= 0.3 is 0 Å². The number of nitrogens with zero attached hydrogens (tertiary/aromatic N) is 1. The van der Waals surface area contributed by atoms with E-state index in [1.54, 1.807) is 17.1 Å². The average molecular weight is 270 g/mol. The highest BCUT2D eigenvalue weighted by atomic mass is 35.5. The predicted molar refractivity (Wildman–Crippen MR) is 70.4 cm³/mol. The lowest BCUT2D eigenvalue weighted by Gasteiger charge is -2.29. The second-order valence-electron chi connectivity index (χ2n) is 4.01. The van der Waals surface area contributed by atoms with Crippen molar-refractivity contribution in [3.63, 3.8) is 0 Å². The number of hydrogen-bond donors (Lipinski definition) is 0. The van der Waals surface area contributed by atoms with Crippen LogP contribution in [0.2, 0.25) is 10.0 Å². The van der Waals surface area contributed by atoms with Crippen molar-refractivity contribution in [3.05, 3.63) is 45.5 Å². The number of hydrogen-bond acceptors (Lipinski definition) is 1. The van der Waals surface area contributed by atoms with Crippen LogP contribution < -0.4 is 0 Å². The molecule has 2 rings (SSSR count). The first-order valence-electron chi connectivity index (χ1n) is 5.51. The fourth-order valence-electron chi connectivity index (χ4n) is 2.00. The van der Waals surface area contributed by atoms with Crippen LogP contribution in [0.15, 0.2) is 24.3 Å². The van der Waals surface area contributed by atoms with Gasteiger partial charge in [-0.15, -0.1) is 0 Å². The van der Waals surface area contributed by atoms with Gasteiger partial charge in [0.05, 0.1) is 10.0 Å². The third-order valence-corrected chi connectivity index (χ3v) is 3.76. The van der Waals surface area contributed by atoms with Crippen LogP contribution in [-0.4, -0.2) is 17.4 Å². The quantitative estimate of drug-likeness (QED) is 0.716. The van der Waals surface area contributed by atoms with E-state index in [1.807, 2.05) is 19.1 Å². The van der Waals surface area contributed by atoms with Crippen LogP contribution in [0.1, 0.15) is 18.1 Å². The molecule has 0 saturated heterocycles. The summed E-state index contributed by atoms with van der Waals surface area (Å²) < 4.78 is 0. The highest BCUT2D eigenvalue weighted by Crippen LogP contribution is 2.32. The topological polar surface area (TPSA) is 20.3 Å². The van der Waals surface area contributed by atoms with Crippen molar-refractivity contribution in [1.82, 2.24) is 4.90 Å². The molecule has 0 atom stereocenters. The van der Waals surface area contributed by atoms with E-state index in [0.717, 1.165) is 18.5 Å². The molecule has 0 N–H and O–H groups in total. The van der Waals surface area contributed by atoms with Crippen molar-refractivity contribution in [2.45, 2.75) is 19.9 Å². The molecule has 1 aromatic carbocycles. The Labute approximate surface area is 111 Å². The van der Waals surface area contributed by atoms with Gasteiger partial charge in [-0.1, -0.05) is 35.3 Å². The average Bonchev–Trinajstić information content (AvgIpc) is 2.34. The molecule has 0 aromatic heterocycles. The van der Waals surface area contributed by atoms with E-state index in [4.69, 9.17) is 23.2 Å². The van der Waals surface area contributed by atoms with Crippen molar-refractivity contribution in [2.75, 3.05) is 6.54 Å². The van der Waals surface area contributed by atoms with Crippen molar-refractivity contribution in [1.29, 1.82) is 0 Å². The van der Waals surface area contributed by atoms with E-state index in [2.05, 4.69) is 0 Å². The summed E-state index contributed by atoms with van der Waals surface area (Å²) >= 11 is 12.2. The molecule has 0 unspecified atom stereocenters. The number of allylic oxidation sites excluding steroid dienone is 1. The van der Waals surface area contributed by atoms with Crippen LogP contribution in [0, 0.1) is 0 Å². The summed E-state index contributed by atoms with van der Waals surface area (Å²) in [7, 11) is 0. The molecule has 1 aliphatic heterocycles. The predicted octanol–water partition coefficient (Wildman–Crippen LogP) is 3.45. The highest BCUT2D eigenvalue weighted by Gasteiger charge is 2.21. The minimum Gasteiger partial charge on any atom is -0.334 e. The minimum atomic E-state index is 0.0224. The molecule has 1 amide bonds. The lowest BCUT2D eigenvalue weighted by atomic mass is 9.99. The zero-order chi connectivity index (χ0) is 12.4. The van der Waals surface area contributed by atoms with Gasteiger partial charge in [-0.25, -0.2) is 0 Å². The largest absolute Gasteiger partial charge is 0.334 e. The molecule has 0 saturated carbocycles. The minimum absolute atomic E-state index is 0.0224. The Morgan fingerprint density at radius 2 is 2.18 bits per heavy atom. The number of carbonyl (C=O) groups excluding carboxylic acids is 1. The summed E-state index contributed by atoms with van der Waals surface area (Å²) in [6.07, 6.45) is 4.15. The maximum atomic E-state index is 11.8. The monoisotopic (exact) mass is 269 g/mol. The molecule has 90 valence electrons. The van der Waals surface area contributed by atoms with Gasteiger partial charge in [0, 0.05) is 13.1 Å². The Morgan fingerprint density at radius 1 is 1.41 bits per heavy atom. The first-order valence-corrected chi connectivity index (χ1v) is 6.26. The first-order chi connectivity index (χ1) is 8.13. The smallest absolute Gasteiger partial charge is 0.246 e. The van der Waals surface area contributed by atoms with E-state index in [9.17, 15) is 4.79 Å². The van der Waals surface area contributed by atoms with Gasteiger partial charge in [-0.05, 0) is 36.6 Å². The lowest BCUT2D eigenvalue weighted by Crippen LogP contribution is -2.35. The van der Waals surface area contributed by atoms with Crippen LogP contribution in [0.3, 0.4) is 0 Å². The Balaban J connectivity index is 2.29. The SMILES string of the molecule is C/C=C/C(=O)N1CCc2ccc(Cl)c(Cl)c2C1. The van der Waals surface area contributed by atoms with Gasteiger partial charge in [-0.3, -0.25) is 4.79 Å². The molecule has 17 heavy (non-hydrogen) atoms. The normalized spacial score (nSPS) is 15.1. The fraction of sp³-hybridized carbons (Fsp3) is 0.308. The summed E-state index contributed by atoms with van der Waals surface area (Å²) in [5.74, 6) is 0.0224. The standard InChI is InChI=1S/C13H13Cl2NO/c1-2-3-12(17)16-7-6-9-4-5-11(14)13(15)10(9)8-16/h2-5H,6-8H2,1H3/b3-2+. The molecule has 0 bridgehead atoms. The number of amides is 1. The fourth-order valence-corrected chi connectivity index (χ4v) is 2.42. The maximum Gasteiger partial charge on any atom is 0.246 e. The van der Waals surface area contributed by atoms with Gasteiger partial charge in [0.25, 0.3) is 0 Å². The maximum absolute atomic E-state index is 11.8. The van der Waals surface area contributed by atoms with E-state index in [0.29, 0.717) is 16.6 Å². The molecule has 0 aliphatic carbocycles. The van der Waals surface area contributed by atoms with Gasteiger partial charge in [0.2, 0.25) is 5.91 Å². The Morgan fingerprint density at radius 3 is 2.88 bits per heavy atom. The molecular formula is C13H13Cl2NO. The Bertz CT molecular complexity index is 483. The van der Waals surface area contributed by atoms with Crippen LogP contribution >= 0.6 is 23.2 Å². The highest BCUT2D eigenvalue weighted by molar-refractivity contribution is 6.42.